The van der Waals surface area contributed by atoms with E-state index < -0.39 is 0 Å². The molecular weight excluding hydrogens is 190 g/mol. The highest BCUT2D eigenvalue weighted by Crippen LogP contribution is 2.14. The second-order valence-corrected chi connectivity index (χ2v) is 2.88. The van der Waals surface area contributed by atoms with Gasteiger partial charge in [0.1, 0.15) is 0 Å². The summed E-state index contributed by atoms with van der Waals surface area (Å²) in [4.78, 5) is 0. The van der Waals surface area contributed by atoms with Crippen molar-refractivity contribution in [2.45, 2.75) is 6.42 Å². The van der Waals surface area contributed by atoms with Gasteiger partial charge in [-0.15, -0.1) is 0 Å². The average Bonchev–Trinajstić information content (AvgIpc) is 2.14. The molecule has 0 atom stereocenters. The lowest BCUT2D eigenvalue weighted by Gasteiger charge is -1.83. The molecule has 0 aromatic carbocycles. The molecule has 0 amide bonds. The maximum Gasteiger partial charge on any atom is 0.0950 e. The summed E-state index contributed by atoms with van der Waals surface area (Å²) in [7, 11) is 0. The zero-order valence-electron chi connectivity index (χ0n) is 5.34. The number of hydrogen-bond donors (Lipinski definition) is 0. The standard InChI is InChI=1S/C8H6BrN/c9-8-3-1-2-7(6-10)4-5-8/h1,3-5H,2H2. The first-order valence-corrected chi connectivity index (χ1v) is 3.75. The molecule has 2 heteroatoms. The molecule has 50 valence electrons. The van der Waals surface area contributed by atoms with Crippen molar-refractivity contribution in [1.29, 1.82) is 5.26 Å². The van der Waals surface area contributed by atoms with Crippen LogP contribution in [0.5, 0.6) is 0 Å². The van der Waals surface area contributed by atoms with Crippen LogP contribution in [0.3, 0.4) is 0 Å². The Morgan fingerprint density at radius 3 is 3.00 bits per heavy atom. The van der Waals surface area contributed by atoms with Crippen molar-refractivity contribution >= 4 is 15.9 Å². The third-order valence-electron chi connectivity index (χ3n) is 1.20. The van der Waals surface area contributed by atoms with E-state index in [1.807, 2.05) is 24.3 Å². The second kappa shape index (κ2) is 3.38. The van der Waals surface area contributed by atoms with E-state index >= 15 is 0 Å². The first-order chi connectivity index (χ1) is 4.83. The van der Waals surface area contributed by atoms with E-state index in [4.69, 9.17) is 5.26 Å². The minimum atomic E-state index is 0.738. The number of rotatable bonds is 0. The van der Waals surface area contributed by atoms with Crippen molar-refractivity contribution in [3.63, 3.8) is 0 Å². The molecule has 0 unspecified atom stereocenters. The lowest BCUT2D eigenvalue weighted by atomic mass is 10.2. The largest absolute Gasteiger partial charge is 0.193 e. The SMILES string of the molecule is N#CC1=CC=C(Br)C=CC1. The zero-order valence-corrected chi connectivity index (χ0v) is 6.93. The van der Waals surface area contributed by atoms with Gasteiger partial charge in [-0.2, -0.15) is 5.26 Å². The van der Waals surface area contributed by atoms with E-state index in [9.17, 15) is 0 Å². The van der Waals surface area contributed by atoms with Gasteiger partial charge < -0.3 is 0 Å². The van der Waals surface area contributed by atoms with Crippen LogP contribution < -0.4 is 0 Å². The Morgan fingerprint density at radius 1 is 1.50 bits per heavy atom. The van der Waals surface area contributed by atoms with Crippen LogP contribution in [0.4, 0.5) is 0 Å². The van der Waals surface area contributed by atoms with Gasteiger partial charge in [0.2, 0.25) is 0 Å². The molecule has 0 bridgehead atoms. The summed E-state index contributed by atoms with van der Waals surface area (Å²) in [6.45, 7) is 0. The third kappa shape index (κ3) is 1.85. The highest BCUT2D eigenvalue weighted by Gasteiger charge is 1.94. The molecule has 0 aromatic heterocycles. The second-order valence-electron chi connectivity index (χ2n) is 1.96. The minimum absolute atomic E-state index is 0.738. The third-order valence-corrected chi connectivity index (χ3v) is 1.73. The van der Waals surface area contributed by atoms with Crippen LogP contribution >= 0.6 is 15.9 Å². The van der Waals surface area contributed by atoms with Gasteiger partial charge in [0.05, 0.1) is 6.07 Å². The van der Waals surface area contributed by atoms with Crippen LogP contribution in [0.1, 0.15) is 6.42 Å². The van der Waals surface area contributed by atoms with Crippen LogP contribution in [0.25, 0.3) is 0 Å². The number of allylic oxidation sites excluding steroid dienone is 6. The molecule has 0 aromatic rings. The fraction of sp³-hybridized carbons (Fsp3) is 0.125. The highest BCUT2D eigenvalue weighted by atomic mass is 79.9. The first-order valence-electron chi connectivity index (χ1n) is 2.96. The molecule has 0 radical (unpaired) electrons. The Bertz CT molecular complexity index is 253. The van der Waals surface area contributed by atoms with Gasteiger partial charge in [-0.1, -0.05) is 28.1 Å². The van der Waals surface area contributed by atoms with Gasteiger partial charge in [-0.25, -0.2) is 0 Å². The highest BCUT2D eigenvalue weighted by molar-refractivity contribution is 9.11. The number of hydrogen-bond acceptors (Lipinski definition) is 1. The van der Waals surface area contributed by atoms with Crippen LogP contribution in [0, 0.1) is 11.3 Å². The van der Waals surface area contributed by atoms with Crippen molar-refractivity contribution in [1.82, 2.24) is 0 Å². The Kier molecular flexibility index (Phi) is 2.47. The van der Waals surface area contributed by atoms with Gasteiger partial charge in [0.25, 0.3) is 0 Å². The molecule has 1 aliphatic carbocycles. The molecule has 0 heterocycles. The predicted octanol–water partition coefficient (Wildman–Crippen LogP) is 2.68. The Morgan fingerprint density at radius 2 is 2.30 bits per heavy atom. The summed E-state index contributed by atoms with van der Waals surface area (Å²) < 4.78 is 1.01. The lowest BCUT2D eigenvalue weighted by Crippen LogP contribution is -1.70. The number of nitriles is 1. The van der Waals surface area contributed by atoms with Crippen molar-refractivity contribution in [2.75, 3.05) is 0 Å². The maximum absolute atomic E-state index is 8.51. The molecule has 1 aliphatic rings. The number of halogens is 1. The Balaban J connectivity index is 2.86. The van der Waals surface area contributed by atoms with Gasteiger partial charge in [-0.3, -0.25) is 0 Å². The number of nitrogens with zero attached hydrogens (tertiary/aromatic N) is 1. The normalized spacial score (nSPS) is 16.8. The topological polar surface area (TPSA) is 23.8 Å². The van der Waals surface area contributed by atoms with Gasteiger partial charge in [-0.05, 0) is 12.2 Å². The smallest absolute Gasteiger partial charge is 0.0950 e. The van der Waals surface area contributed by atoms with E-state index in [0.29, 0.717) is 0 Å². The van der Waals surface area contributed by atoms with E-state index in [0.717, 1.165) is 16.5 Å². The van der Waals surface area contributed by atoms with Crippen molar-refractivity contribution in [3.8, 4) is 6.07 Å². The molecule has 10 heavy (non-hydrogen) atoms. The Hall–Kier alpha value is -0.810. The molecule has 1 rings (SSSR count). The van der Waals surface area contributed by atoms with Crippen LogP contribution in [0.2, 0.25) is 0 Å². The maximum atomic E-state index is 8.51. The molecule has 0 saturated heterocycles. The molecule has 0 spiro atoms. The lowest BCUT2D eigenvalue weighted by molar-refractivity contribution is 1.29. The molecule has 0 saturated carbocycles. The van der Waals surface area contributed by atoms with E-state index in [1.165, 1.54) is 0 Å². The summed E-state index contributed by atoms with van der Waals surface area (Å²) >= 11 is 3.32. The summed E-state index contributed by atoms with van der Waals surface area (Å²) in [5.41, 5.74) is 0.797. The summed E-state index contributed by atoms with van der Waals surface area (Å²) in [5.74, 6) is 0. The van der Waals surface area contributed by atoms with Gasteiger partial charge in [0, 0.05) is 16.5 Å². The average molecular weight is 196 g/mol. The first kappa shape index (κ1) is 7.30. The zero-order chi connectivity index (χ0) is 7.40. The predicted molar refractivity (Wildman–Crippen MR) is 44.5 cm³/mol. The molecular formula is C8H6BrN. The summed E-state index contributed by atoms with van der Waals surface area (Å²) in [6.07, 6.45) is 8.34. The van der Waals surface area contributed by atoms with Crippen molar-refractivity contribution in [3.05, 3.63) is 34.4 Å². The Labute approximate surface area is 68.5 Å². The van der Waals surface area contributed by atoms with E-state index in [2.05, 4.69) is 22.0 Å². The fourth-order valence-electron chi connectivity index (χ4n) is 0.685. The van der Waals surface area contributed by atoms with E-state index in [1.54, 1.807) is 0 Å². The van der Waals surface area contributed by atoms with Crippen molar-refractivity contribution < 1.29 is 0 Å². The molecule has 1 nitrogen and oxygen atoms in total. The van der Waals surface area contributed by atoms with Crippen LogP contribution in [0.15, 0.2) is 34.4 Å². The van der Waals surface area contributed by atoms with Gasteiger partial charge in [0.15, 0.2) is 0 Å². The van der Waals surface area contributed by atoms with Gasteiger partial charge >= 0.3 is 0 Å². The molecule has 0 N–H and O–H groups in total. The molecule has 0 aliphatic heterocycles. The van der Waals surface area contributed by atoms with Crippen molar-refractivity contribution in [2.24, 2.45) is 0 Å². The fourth-order valence-corrected chi connectivity index (χ4v) is 1.00. The van der Waals surface area contributed by atoms with E-state index in [-0.39, 0.29) is 0 Å². The minimum Gasteiger partial charge on any atom is -0.193 e. The van der Waals surface area contributed by atoms with Crippen LogP contribution in [-0.4, -0.2) is 0 Å². The summed E-state index contributed by atoms with van der Waals surface area (Å²) in [5, 5.41) is 8.51. The molecule has 0 fully saturated rings. The monoisotopic (exact) mass is 195 g/mol. The quantitative estimate of drug-likeness (QED) is 0.584. The summed E-state index contributed by atoms with van der Waals surface area (Å²) in [6, 6.07) is 2.11. The van der Waals surface area contributed by atoms with Crippen LogP contribution in [-0.2, 0) is 0 Å².